The lowest BCUT2D eigenvalue weighted by molar-refractivity contribution is 0.0711. The quantitative estimate of drug-likeness (QED) is 0.844. The van der Waals surface area contributed by atoms with Gasteiger partial charge in [0.25, 0.3) is 5.91 Å². The average molecular weight is 273 g/mol. The van der Waals surface area contributed by atoms with E-state index in [2.05, 4.69) is 9.97 Å². The van der Waals surface area contributed by atoms with Crippen LogP contribution in [0.5, 0.6) is 0 Å². The summed E-state index contributed by atoms with van der Waals surface area (Å²) in [6, 6.07) is 5.76. The molecule has 0 N–H and O–H groups in total. The number of nitrogens with zero attached hydrogens (tertiary/aromatic N) is 3. The molecular weight excluding hydrogens is 258 g/mol. The molecule has 0 radical (unpaired) electrons. The molecule has 4 nitrogen and oxygen atoms in total. The SMILES string of the molecule is O=C(c1cccs1)N1CCC[C@@H](c2ccncn2)C1. The van der Waals surface area contributed by atoms with E-state index >= 15 is 0 Å². The lowest BCUT2D eigenvalue weighted by atomic mass is 9.94. The third-order valence-corrected chi connectivity index (χ3v) is 4.32. The lowest BCUT2D eigenvalue weighted by Gasteiger charge is -2.32. The van der Waals surface area contributed by atoms with Crippen LogP contribution in [0.4, 0.5) is 0 Å². The van der Waals surface area contributed by atoms with Gasteiger partial charge in [-0.15, -0.1) is 11.3 Å². The first kappa shape index (κ1) is 12.3. The number of hydrogen-bond donors (Lipinski definition) is 0. The molecule has 98 valence electrons. The normalized spacial score (nSPS) is 19.4. The van der Waals surface area contributed by atoms with E-state index in [1.807, 2.05) is 28.5 Å². The van der Waals surface area contributed by atoms with Crippen molar-refractivity contribution in [3.8, 4) is 0 Å². The van der Waals surface area contributed by atoms with Crippen molar-refractivity contribution >= 4 is 17.2 Å². The Balaban J connectivity index is 1.73. The number of carbonyl (C=O) groups excluding carboxylic acids is 1. The third-order valence-electron chi connectivity index (χ3n) is 3.46. The standard InChI is InChI=1S/C14H15N3OS/c18-14(13-4-2-8-19-13)17-7-1-3-11(9-17)12-5-6-15-10-16-12/h2,4-6,8,10-11H,1,3,7,9H2/t11-/m1/s1. The number of thiophene rings is 1. The predicted octanol–water partition coefficient (Wildman–Crippen LogP) is 2.56. The minimum atomic E-state index is 0.147. The maximum absolute atomic E-state index is 12.3. The fourth-order valence-corrected chi connectivity index (χ4v) is 3.19. The zero-order valence-electron chi connectivity index (χ0n) is 10.5. The third kappa shape index (κ3) is 2.66. The largest absolute Gasteiger partial charge is 0.337 e. The van der Waals surface area contributed by atoms with Crippen molar-refractivity contribution in [3.05, 3.63) is 46.7 Å². The van der Waals surface area contributed by atoms with Crippen molar-refractivity contribution in [2.75, 3.05) is 13.1 Å². The van der Waals surface area contributed by atoms with Gasteiger partial charge in [-0.3, -0.25) is 4.79 Å². The van der Waals surface area contributed by atoms with Gasteiger partial charge in [0.05, 0.1) is 4.88 Å². The number of carbonyl (C=O) groups is 1. The van der Waals surface area contributed by atoms with Gasteiger partial charge in [0.1, 0.15) is 6.33 Å². The van der Waals surface area contributed by atoms with Gasteiger partial charge < -0.3 is 4.90 Å². The van der Waals surface area contributed by atoms with Crippen LogP contribution in [0.1, 0.15) is 34.1 Å². The molecular formula is C14H15N3OS. The Hall–Kier alpha value is -1.75. The smallest absolute Gasteiger partial charge is 0.263 e. The number of rotatable bonds is 2. The van der Waals surface area contributed by atoms with Gasteiger partial charge in [-0.05, 0) is 30.4 Å². The van der Waals surface area contributed by atoms with Crippen molar-refractivity contribution in [3.63, 3.8) is 0 Å². The molecule has 0 spiro atoms. The Morgan fingerprint density at radius 3 is 3.11 bits per heavy atom. The predicted molar refractivity (Wildman–Crippen MR) is 74.2 cm³/mol. The summed E-state index contributed by atoms with van der Waals surface area (Å²) in [7, 11) is 0. The summed E-state index contributed by atoms with van der Waals surface area (Å²) in [5.41, 5.74) is 1.04. The highest BCUT2D eigenvalue weighted by atomic mass is 32.1. The van der Waals surface area contributed by atoms with Gasteiger partial charge in [-0.25, -0.2) is 9.97 Å². The first-order chi connectivity index (χ1) is 9.34. The fraction of sp³-hybridized carbons (Fsp3) is 0.357. The van der Waals surface area contributed by atoms with Crippen molar-refractivity contribution in [2.24, 2.45) is 0 Å². The van der Waals surface area contributed by atoms with Crippen molar-refractivity contribution in [2.45, 2.75) is 18.8 Å². The maximum Gasteiger partial charge on any atom is 0.263 e. The van der Waals surface area contributed by atoms with Crippen LogP contribution in [0.25, 0.3) is 0 Å². The summed E-state index contributed by atoms with van der Waals surface area (Å²) in [6.07, 6.45) is 5.47. The summed E-state index contributed by atoms with van der Waals surface area (Å²) >= 11 is 1.50. The number of likely N-dealkylation sites (tertiary alicyclic amines) is 1. The number of hydrogen-bond acceptors (Lipinski definition) is 4. The molecule has 0 saturated carbocycles. The molecule has 0 bridgehead atoms. The van der Waals surface area contributed by atoms with Gasteiger partial charge in [0.15, 0.2) is 0 Å². The van der Waals surface area contributed by atoms with E-state index in [0.29, 0.717) is 5.92 Å². The first-order valence-electron chi connectivity index (χ1n) is 6.43. The summed E-state index contributed by atoms with van der Waals surface area (Å²) in [5.74, 6) is 0.481. The van der Waals surface area contributed by atoms with Crippen LogP contribution in [0.3, 0.4) is 0 Å². The molecule has 1 aliphatic rings. The molecule has 1 aliphatic heterocycles. The zero-order valence-corrected chi connectivity index (χ0v) is 11.3. The van der Waals surface area contributed by atoms with E-state index in [4.69, 9.17) is 0 Å². The Labute approximate surface area is 116 Å². The second-order valence-corrected chi connectivity index (χ2v) is 5.65. The summed E-state index contributed by atoms with van der Waals surface area (Å²) in [5, 5.41) is 1.94. The molecule has 3 rings (SSSR count). The second-order valence-electron chi connectivity index (χ2n) is 4.70. The minimum absolute atomic E-state index is 0.147. The summed E-state index contributed by atoms with van der Waals surface area (Å²) < 4.78 is 0. The first-order valence-corrected chi connectivity index (χ1v) is 7.31. The number of amides is 1. The molecule has 2 aromatic rings. The molecule has 0 unspecified atom stereocenters. The Morgan fingerprint density at radius 2 is 2.37 bits per heavy atom. The molecule has 1 saturated heterocycles. The molecule has 1 atom stereocenters. The Kier molecular flexibility index (Phi) is 3.55. The highest BCUT2D eigenvalue weighted by Gasteiger charge is 2.26. The molecule has 3 heterocycles. The second kappa shape index (κ2) is 5.48. The molecule has 5 heteroatoms. The van der Waals surface area contributed by atoms with E-state index in [1.165, 1.54) is 11.3 Å². The van der Waals surface area contributed by atoms with E-state index in [9.17, 15) is 4.79 Å². The van der Waals surface area contributed by atoms with Crippen LogP contribution in [0.15, 0.2) is 36.1 Å². The lowest BCUT2D eigenvalue weighted by Crippen LogP contribution is -2.39. The summed E-state index contributed by atoms with van der Waals surface area (Å²) in [6.45, 7) is 1.60. The number of piperidine rings is 1. The van der Waals surface area contributed by atoms with Gasteiger partial charge in [-0.2, -0.15) is 0 Å². The molecule has 0 aliphatic carbocycles. The van der Waals surface area contributed by atoms with Gasteiger partial charge >= 0.3 is 0 Å². The highest BCUT2D eigenvalue weighted by Crippen LogP contribution is 2.26. The van der Waals surface area contributed by atoms with E-state index in [-0.39, 0.29) is 5.91 Å². The molecule has 2 aromatic heterocycles. The van der Waals surface area contributed by atoms with Gasteiger partial charge in [0.2, 0.25) is 0 Å². The Morgan fingerprint density at radius 1 is 1.42 bits per heavy atom. The zero-order chi connectivity index (χ0) is 13.1. The maximum atomic E-state index is 12.3. The molecule has 19 heavy (non-hydrogen) atoms. The van der Waals surface area contributed by atoms with E-state index < -0.39 is 0 Å². The number of aromatic nitrogens is 2. The van der Waals surface area contributed by atoms with E-state index in [1.54, 1.807) is 12.5 Å². The van der Waals surface area contributed by atoms with Crippen molar-refractivity contribution in [1.29, 1.82) is 0 Å². The highest BCUT2D eigenvalue weighted by molar-refractivity contribution is 7.12. The van der Waals surface area contributed by atoms with Crippen LogP contribution in [-0.2, 0) is 0 Å². The monoisotopic (exact) mass is 273 g/mol. The Bertz CT molecular complexity index is 541. The topological polar surface area (TPSA) is 46.1 Å². The minimum Gasteiger partial charge on any atom is -0.337 e. The van der Waals surface area contributed by atoms with Crippen LogP contribution >= 0.6 is 11.3 Å². The van der Waals surface area contributed by atoms with Crippen LogP contribution in [-0.4, -0.2) is 33.9 Å². The fourth-order valence-electron chi connectivity index (χ4n) is 2.50. The van der Waals surface area contributed by atoms with Crippen LogP contribution in [0.2, 0.25) is 0 Å². The van der Waals surface area contributed by atoms with E-state index in [0.717, 1.165) is 36.5 Å². The summed E-state index contributed by atoms with van der Waals surface area (Å²) in [4.78, 5) is 23.4. The average Bonchev–Trinajstić information content (AvgIpc) is 3.02. The van der Waals surface area contributed by atoms with Crippen molar-refractivity contribution in [1.82, 2.24) is 14.9 Å². The van der Waals surface area contributed by atoms with Gasteiger partial charge in [-0.1, -0.05) is 6.07 Å². The van der Waals surface area contributed by atoms with Crippen molar-refractivity contribution < 1.29 is 4.79 Å². The van der Waals surface area contributed by atoms with Crippen LogP contribution in [0, 0.1) is 0 Å². The molecule has 1 fully saturated rings. The molecule has 1 amide bonds. The molecule has 0 aromatic carbocycles. The van der Waals surface area contributed by atoms with Gasteiger partial charge in [0, 0.05) is 30.9 Å². The van der Waals surface area contributed by atoms with Crippen LogP contribution < -0.4 is 0 Å².